The largest absolute Gasteiger partial charge is 0.380 e. The van der Waals surface area contributed by atoms with Gasteiger partial charge in [0, 0.05) is 6.42 Å². The number of hydrogen-bond donors (Lipinski definition) is 1. The number of aliphatic hydroxyl groups is 1. The molecule has 0 radical (unpaired) electrons. The van der Waals surface area contributed by atoms with Crippen molar-refractivity contribution >= 4 is 0 Å². The van der Waals surface area contributed by atoms with E-state index in [9.17, 15) is 5.11 Å². The lowest BCUT2D eigenvalue weighted by atomic mass is 9.93. The van der Waals surface area contributed by atoms with E-state index in [1.807, 2.05) is 20.8 Å². The summed E-state index contributed by atoms with van der Waals surface area (Å²) in [6.07, 6.45) is 0.720. The van der Waals surface area contributed by atoms with Gasteiger partial charge in [-0.1, -0.05) is 25.9 Å². The molecule has 0 aromatic carbocycles. The van der Waals surface area contributed by atoms with Crippen LogP contribution in [0.3, 0.4) is 0 Å². The van der Waals surface area contributed by atoms with E-state index < -0.39 is 5.60 Å². The molecule has 0 saturated carbocycles. The van der Waals surface area contributed by atoms with E-state index in [4.69, 9.17) is 4.52 Å². The number of aromatic nitrogens is 2. The Morgan fingerprint density at radius 2 is 2.15 bits per heavy atom. The fourth-order valence-electron chi connectivity index (χ4n) is 0.850. The second-order valence-corrected chi connectivity index (χ2v) is 3.67. The van der Waals surface area contributed by atoms with Crippen LogP contribution in [0.2, 0.25) is 0 Å². The van der Waals surface area contributed by atoms with Crippen LogP contribution in [0.5, 0.6) is 0 Å². The molecule has 1 atom stereocenters. The smallest absolute Gasteiger partial charge is 0.258 e. The topological polar surface area (TPSA) is 59.2 Å². The highest BCUT2D eigenvalue weighted by molar-refractivity contribution is 4.98. The van der Waals surface area contributed by atoms with Gasteiger partial charge in [0.2, 0.25) is 0 Å². The molecule has 1 rings (SSSR count). The molecule has 0 aliphatic heterocycles. The number of nitrogens with zero attached hydrogens (tertiary/aromatic N) is 2. The van der Waals surface area contributed by atoms with Crippen LogP contribution in [0.15, 0.2) is 4.52 Å². The van der Waals surface area contributed by atoms with Gasteiger partial charge >= 0.3 is 0 Å². The minimum absolute atomic E-state index is 0.0534. The van der Waals surface area contributed by atoms with E-state index in [1.165, 1.54) is 0 Å². The van der Waals surface area contributed by atoms with Crippen LogP contribution in [-0.4, -0.2) is 15.2 Å². The van der Waals surface area contributed by atoms with Crippen LogP contribution >= 0.6 is 0 Å². The zero-order chi connectivity index (χ0) is 10.1. The summed E-state index contributed by atoms with van der Waals surface area (Å²) in [6.45, 7) is 7.45. The molecule has 4 nitrogen and oxygen atoms in total. The van der Waals surface area contributed by atoms with Crippen LogP contribution in [-0.2, 0) is 12.0 Å². The third-order valence-electron chi connectivity index (χ3n) is 2.34. The summed E-state index contributed by atoms with van der Waals surface area (Å²) in [5.74, 6) is 0.993. The van der Waals surface area contributed by atoms with Crippen LogP contribution in [0.4, 0.5) is 0 Å². The molecular formula is C9H16N2O2. The standard InChI is InChI=1S/C9H16N2O2/c1-5-7-10-8(13-11-7)9(4,12)6(2)3/h6,12H,5H2,1-4H3. The molecule has 1 aromatic heterocycles. The van der Waals surface area contributed by atoms with Gasteiger partial charge < -0.3 is 9.63 Å². The molecule has 0 aliphatic rings. The maximum absolute atomic E-state index is 9.98. The van der Waals surface area contributed by atoms with Crippen molar-refractivity contribution in [3.05, 3.63) is 11.7 Å². The monoisotopic (exact) mass is 184 g/mol. The van der Waals surface area contributed by atoms with Crippen molar-refractivity contribution in [3.63, 3.8) is 0 Å². The average molecular weight is 184 g/mol. The normalized spacial score (nSPS) is 16.2. The summed E-state index contributed by atoms with van der Waals surface area (Å²) < 4.78 is 4.97. The maximum atomic E-state index is 9.98. The number of aryl methyl sites for hydroxylation is 1. The van der Waals surface area contributed by atoms with E-state index in [2.05, 4.69) is 10.1 Å². The lowest BCUT2D eigenvalue weighted by molar-refractivity contribution is -0.0205. The van der Waals surface area contributed by atoms with Crippen LogP contribution in [0.1, 0.15) is 39.4 Å². The SMILES string of the molecule is CCc1noc(C(C)(O)C(C)C)n1. The number of rotatable bonds is 3. The van der Waals surface area contributed by atoms with E-state index >= 15 is 0 Å². The predicted molar refractivity (Wildman–Crippen MR) is 48.1 cm³/mol. The second-order valence-electron chi connectivity index (χ2n) is 3.67. The predicted octanol–water partition coefficient (Wildman–Crippen LogP) is 1.50. The van der Waals surface area contributed by atoms with Crippen LogP contribution < -0.4 is 0 Å². The van der Waals surface area contributed by atoms with Crippen LogP contribution in [0.25, 0.3) is 0 Å². The lowest BCUT2D eigenvalue weighted by Crippen LogP contribution is -2.28. The molecule has 13 heavy (non-hydrogen) atoms. The van der Waals surface area contributed by atoms with Crippen molar-refractivity contribution in [3.8, 4) is 0 Å². The first-order valence-corrected chi connectivity index (χ1v) is 4.54. The Bertz CT molecular complexity index is 279. The first-order chi connectivity index (χ1) is 5.98. The zero-order valence-electron chi connectivity index (χ0n) is 8.53. The Labute approximate surface area is 78.0 Å². The molecule has 0 spiro atoms. The molecule has 74 valence electrons. The van der Waals surface area contributed by atoms with E-state index in [1.54, 1.807) is 6.92 Å². The van der Waals surface area contributed by atoms with Gasteiger partial charge in [0.05, 0.1) is 0 Å². The molecule has 0 fully saturated rings. The molecule has 1 unspecified atom stereocenters. The van der Waals surface area contributed by atoms with Gasteiger partial charge in [-0.25, -0.2) is 0 Å². The summed E-state index contributed by atoms with van der Waals surface area (Å²) in [7, 11) is 0. The molecule has 1 heterocycles. The van der Waals surface area contributed by atoms with Gasteiger partial charge in [0.25, 0.3) is 5.89 Å². The summed E-state index contributed by atoms with van der Waals surface area (Å²) in [5, 5.41) is 13.7. The zero-order valence-corrected chi connectivity index (χ0v) is 8.53. The van der Waals surface area contributed by atoms with Crippen molar-refractivity contribution in [1.29, 1.82) is 0 Å². The molecule has 1 aromatic rings. The Morgan fingerprint density at radius 1 is 1.54 bits per heavy atom. The highest BCUT2D eigenvalue weighted by Gasteiger charge is 2.33. The second kappa shape index (κ2) is 3.46. The molecule has 0 saturated heterocycles. The Kier molecular flexibility index (Phi) is 2.71. The van der Waals surface area contributed by atoms with Gasteiger partial charge in [0.15, 0.2) is 5.82 Å². The fraction of sp³-hybridized carbons (Fsp3) is 0.778. The van der Waals surface area contributed by atoms with E-state index in [0.717, 1.165) is 6.42 Å². The van der Waals surface area contributed by atoms with E-state index in [0.29, 0.717) is 11.7 Å². The molecule has 4 heteroatoms. The molecule has 1 N–H and O–H groups in total. The van der Waals surface area contributed by atoms with Crippen molar-refractivity contribution in [2.45, 2.75) is 39.7 Å². The summed E-state index contributed by atoms with van der Waals surface area (Å²) in [6, 6.07) is 0. The fourth-order valence-corrected chi connectivity index (χ4v) is 0.850. The quantitative estimate of drug-likeness (QED) is 0.773. The molecular weight excluding hydrogens is 168 g/mol. The van der Waals surface area contributed by atoms with Crippen molar-refractivity contribution in [1.82, 2.24) is 10.1 Å². The van der Waals surface area contributed by atoms with Crippen LogP contribution in [0, 0.1) is 5.92 Å². The highest BCUT2D eigenvalue weighted by atomic mass is 16.5. The summed E-state index contributed by atoms with van der Waals surface area (Å²) in [5.41, 5.74) is -1.03. The maximum Gasteiger partial charge on any atom is 0.258 e. The van der Waals surface area contributed by atoms with Crippen molar-refractivity contribution in [2.24, 2.45) is 5.92 Å². The van der Waals surface area contributed by atoms with Crippen molar-refractivity contribution < 1.29 is 9.63 Å². The van der Waals surface area contributed by atoms with Gasteiger partial charge in [-0.2, -0.15) is 4.98 Å². The average Bonchev–Trinajstić information content (AvgIpc) is 2.51. The Morgan fingerprint density at radius 3 is 2.54 bits per heavy atom. The third kappa shape index (κ3) is 1.88. The first kappa shape index (κ1) is 10.2. The van der Waals surface area contributed by atoms with Gasteiger partial charge in [0.1, 0.15) is 5.60 Å². The highest BCUT2D eigenvalue weighted by Crippen LogP contribution is 2.27. The molecule has 0 bridgehead atoms. The van der Waals surface area contributed by atoms with Gasteiger partial charge in [-0.3, -0.25) is 0 Å². The van der Waals surface area contributed by atoms with Gasteiger partial charge in [-0.05, 0) is 12.8 Å². The minimum atomic E-state index is -1.03. The number of hydrogen-bond acceptors (Lipinski definition) is 4. The molecule has 0 aliphatic carbocycles. The summed E-state index contributed by atoms with van der Waals surface area (Å²) in [4.78, 5) is 4.09. The van der Waals surface area contributed by atoms with Crippen molar-refractivity contribution in [2.75, 3.05) is 0 Å². The Hall–Kier alpha value is -0.900. The van der Waals surface area contributed by atoms with Gasteiger partial charge in [-0.15, -0.1) is 0 Å². The Balaban J connectivity index is 2.93. The minimum Gasteiger partial charge on any atom is -0.380 e. The lowest BCUT2D eigenvalue weighted by Gasteiger charge is -2.22. The first-order valence-electron chi connectivity index (χ1n) is 4.54. The third-order valence-corrected chi connectivity index (χ3v) is 2.34. The van der Waals surface area contributed by atoms with E-state index in [-0.39, 0.29) is 5.92 Å². The molecule has 0 amide bonds. The summed E-state index contributed by atoms with van der Waals surface area (Å²) >= 11 is 0.